The summed E-state index contributed by atoms with van der Waals surface area (Å²) in [5.41, 5.74) is 6.74. The number of hydrogen-bond donors (Lipinski definition) is 1. The molecular formula is C18H13N3O3. The molecule has 3 rings (SSSR count). The topological polar surface area (TPSA) is 102 Å². The lowest BCUT2D eigenvalue weighted by Gasteiger charge is -2.05. The minimum Gasteiger partial charge on any atom is -0.493 e. The first-order valence-corrected chi connectivity index (χ1v) is 7.08. The van der Waals surface area contributed by atoms with E-state index in [2.05, 4.69) is 4.99 Å². The largest absolute Gasteiger partial charge is 0.493 e. The summed E-state index contributed by atoms with van der Waals surface area (Å²) in [5.74, 6) is -0.0807. The van der Waals surface area contributed by atoms with Crippen LogP contribution in [0.25, 0.3) is 11.0 Å². The van der Waals surface area contributed by atoms with Crippen molar-refractivity contribution in [1.82, 2.24) is 0 Å². The molecule has 1 heterocycles. The van der Waals surface area contributed by atoms with Gasteiger partial charge in [0.05, 0.1) is 18.4 Å². The molecule has 1 amide bonds. The molecule has 0 unspecified atom stereocenters. The molecule has 0 aliphatic heterocycles. The predicted octanol–water partition coefficient (Wildman–Crippen LogP) is 2.64. The van der Waals surface area contributed by atoms with Crippen molar-refractivity contribution in [2.24, 2.45) is 10.7 Å². The quantitative estimate of drug-likeness (QED) is 0.801. The number of rotatable bonds is 3. The fraction of sp³-hybridized carbons (Fsp3) is 0.0556. The molecule has 0 aliphatic rings. The molecule has 0 saturated heterocycles. The van der Waals surface area contributed by atoms with Gasteiger partial charge < -0.3 is 14.9 Å². The smallest absolute Gasteiger partial charge is 0.250 e. The Morgan fingerprint density at radius 3 is 2.75 bits per heavy atom. The van der Waals surface area contributed by atoms with Crippen molar-refractivity contribution in [1.29, 1.82) is 5.26 Å². The summed E-state index contributed by atoms with van der Waals surface area (Å²) in [4.78, 5) is 15.8. The van der Waals surface area contributed by atoms with Gasteiger partial charge in [-0.1, -0.05) is 24.3 Å². The van der Waals surface area contributed by atoms with Gasteiger partial charge in [0, 0.05) is 5.39 Å². The van der Waals surface area contributed by atoms with Gasteiger partial charge in [0.25, 0.3) is 5.91 Å². The first kappa shape index (κ1) is 15.3. The number of para-hydroxylation sites is 2. The van der Waals surface area contributed by atoms with Crippen LogP contribution in [0.3, 0.4) is 0 Å². The number of amides is 1. The Morgan fingerprint density at radius 2 is 2.04 bits per heavy atom. The zero-order valence-electron chi connectivity index (χ0n) is 12.8. The number of primary amides is 1. The van der Waals surface area contributed by atoms with Gasteiger partial charge in [0.1, 0.15) is 11.6 Å². The number of carbonyl (C=O) groups is 1. The van der Waals surface area contributed by atoms with E-state index in [9.17, 15) is 10.1 Å². The molecule has 6 nitrogen and oxygen atoms in total. The maximum absolute atomic E-state index is 11.5. The number of ether oxygens (including phenoxy) is 1. The van der Waals surface area contributed by atoms with Crippen molar-refractivity contribution in [3.63, 3.8) is 0 Å². The molecule has 0 saturated carbocycles. The van der Waals surface area contributed by atoms with E-state index >= 15 is 0 Å². The molecule has 118 valence electrons. The second kappa shape index (κ2) is 6.26. The molecule has 2 N–H and O–H groups in total. The van der Waals surface area contributed by atoms with Crippen LogP contribution in [0.1, 0.15) is 15.9 Å². The number of fused-ring (bicyclic) bond motifs is 1. The summed E-state index contributed by atoms with van der Waals surface area (Å²) in [6.07, 6.45) is 0. The summed E-state index contributed by atoms with van der Waals surface area (Å²) in [7, 11) is 1.53. The molecule has 0 atom stereocenters. The van der Waals surface area contributed by atoms with Crippen LogP contribution in [-0.2, 0) is 0 Å². The zero-order chi connectivity index (χ0) is 17.1. The molecule has 0 fully saturated rings. The predicted molar refractivity (Wildman–Crippen MR) is 87.7 cm³/mol. The monoisotopic (exact) mass is 319 g/mol. The Labute approximate surface area is 137 Å². The number of hydrogen-bond acceptors (Lipinski definition) is 5. The van der Waals surface area contributed by atoms with Gasteiger partial charge in [-0.3, -0.25) is 4.79 Å². The molecule has 2 aromatic carbocycles. The van der Waals surface area contributed by atoms with Gasteiger partial charge in [-0.05, 0) is 24.3 Å². The average molecular weight is 319 g/mol. The van der Waals surface area contributed by atoms with Crippen LogP contribution in [0.4, 0.5) is 5.69 Å². The van der Waals surface area contributed by atoms with Crippen LogP contribution in [0, 0.1) is 11.3 Å². The maximum Gasteiger partial charge on any atom is 0.250 e. The summed E-state index contributed by atoms with van der Waals surface area (Å²) in [6.45, 7) is 0. The lowest BCUT2D eigenvalue weighted by atomic mass is 10.1. The van der Waals surface area contributed by atoms with E-state index in [0.717, 1.165) is 0 Å². The molecule has 0 radical (unpaired) electrons. The standard InChI is InChI=1S/C18H13N3O3/c1-23-15-8-4-5-11-9-12(10-19)18(24-16(11)15)21-14-7-3-2-6-13(14)17(20)22/h2-9H,1H3,(H2,20,22). The first-order valence-electron chi connectivity index (χ1n) is 7.08. The highest BCUT2D eigenvalue weighted by molar-refractivity contribution is 5.97. The fourth-order valence-corrected chi connectivity index (χ4v) is 2.34. The fourth-order valence-electron chi connectivity index (χ4n) is 2.34. The Balaban J connectivity index is 2.34. The summed E-state index contributed by atoms with van der Waals surface area (Å²) in [5, 5.41) is 10.1. The number of nitrogens with zero attached hydrogens (tertiary/aromatic N) is 2. The zero-order valence-corrected chi connectivity index (χ0v) is 12.8. The van der Waals surface area contributed by atoms with Crippen LogP contribution in [0.5, 0.6) is 5.75 Å². The molecular weight excluding hydrogens is 306 g/mol. The molecule has 0 aliphatic carbocycles. The van der Waals surface area contributed by atoms with Crippen molar-refractivity contribution >= 4 is 22.6 Å². The number of carbonyl (C=O) groups excluding carboxylic acids is 1. The number of nitriles is 1. The van der Waals surface area contributed by atoms with E-state index < -0.39 is 5.91 Å². The van der Waals surface area contributed by atoms with Crippen molar-refractivity contribution in [2.75, 3.05) is 7.11 Å². The Bertz CT molecular complexity index is 1050. The Morgan fingerprint density at radius 1 is 1.25 bits per heavy atom. The van der Waals surface area contributed by atoms with E-state index in [0.29, 0.717) is 22.4 Å². The van der Waals surface area contributed by atoms with Crippen LogP contribution in [0.15, 0.2) is 57.9 Å². The van der Waals surface area contributed by atoms with Crippen LogP contribution in [-0.4, -0.2) is 13.0 Å². The minimum atomic E-state index is -0.605. The molecule has 3 aromatic rings. The van der Waals surface area contributed by atoms with E-state index in [1.165, 1.54) is 7.11 Å². The maximum atomic E-state index is 11.5. The number of methoxy groups -OCH3 is 1. The van der Waals surface area contributed by atoms with Gasteiger partial charge in [0.2, 0.25) is 5.55 Å². The molecule has 0 bridgehead atoms. The van der Waals surface area contributed by atoms with Gasteiger partial charge in [0.15, 0.2) is 11.3 Å². The van der Waals surface area contributed by atoms with Gasteiger partial charge in [-0.15, -0.1) is 0 Å². The highest BCUT2D eigenvalue weighted by Gasteiger charge is 2.10. The van der Waals surface area contributed by atoms with Crippen molar-refractivity contribution < 1.29 is 13.9 Å². The highest BCUT2D eigenvalue weighted by atomic mass is 16.5. The third-order valence-electron chi connectivity index (χ3n) is 3.47. The molecule has 6 heteroatoms. The normalized spacial score (nSPS) is 11.2. The summed E-state index contributed by atoms with van der Waals surface area (Å²) in [6, 6.07) is 15.7. The lowest BCUT2D eigenvalue weighted by molar-refractivity contribution is 0.100. The van der Waals surface area contributed by atoms with Crippen LogP contribution < -0.4 is 16.0 Å². The Kier molecular flexibility index (Phi) is 4.00. The van der Waals surface area contributed by atoms with Crippen LogP contribution >= 0.6 is 0 Å². The summed E-state index contributed by atoms with van der Waals surface area (Å²) >= 11 is 0. The van der Waals surface area contributed by atoms with Crippen molar-refractivity contribution in [2.45, 2.75) is 0 Å². The molecule has 24 heavy (non-hydrogen) atoms. The van der Waals surface area contributed by atoms with Crippen LogP contribution in [0.2, 0.25) is 0 Å². The van der Waals surface area contributed by atoms with E-state index in [-0.39, 0.29) is 16.7 Å². The third kappa shape index (κ3) is 2.71. The van der Waals surface area contributed by atoms with E-state index in [1.54, 1.807) is 42.5 Å². The Hall–Kier alpha value is -3.59. The SMILES string of the molecule is COc1cccc2cc(C#N)c(=Nc3ccccc3C(N)=O)oc12. The van der Waals surface area contributed by atoms with E-state index in [4.69, 9.17) is 14.9 Å². The average Bonchev–Trinajstić information content (AvgIpc) is 2.60. The number of benzene rings is 2. The van der Waals surface area contributed by atoms with Gasteiger partial charge in [-0.2, -0.15) is 5.26 Å². The first-order chi connectivity index (χ1) is 11.6. The van der Waals surface area contributed by atoms with Gasteiger partial charge in [-0.25, -0.2) is 4.99 Å². The lowest BCUT2D eigenvalue weighted by Crippen LogP contribution is -2.12. The summed E-state index contributed by atoms with van der Waals surface area (Å²) < 4.78 is 11.1. The number of nitrogens with two attached hydrogens (primary N) is 1. The second-order valence-corrected chi connectivity index (χ2v) is 4.95. The third-order valence-corrected chi connectivity index (χ3v) is 3.47. The van der Waals surface area contributed by atoms with Gasteiger partial charge >= 0.3 is 0 Å². The molecule has 0 spiro atoms. The second-order valence-electron chi connectivity index (χ2n) is 4.95. The van der Waals surface area contributed by atoms with E-state index in [1.807, 2.05) is 12.1 Å². The molecule has 1 aromatic heterocycles. The van der Waals surface area contributed by atoms with Crippen molar-refractivity contribution in [3.8, 4) is 11.8 Å². The van der Waals surface area contributed by atoms with Crippen molar-refractivity contribution in [3.05, 3.63) is 65.2 Å². The minimum absolute atomic E-state index is 0.0863. The highest BCUT2D eigenvalue weighted by Crippen LogP contribution is 2.25.